The van der Waals surface area contributed by atoms with Crippen LogP contribution in [0.15, 0.2) is 36.4 Å². The number of hydrogen-bond acceptors (Lipinski definition) is 4. The van der Waals surface area contributed by atoms with Crippen LogP contribution in [0.2, 0.25) is 10.0 Å². The van der Waals surface area contributed by atoms with E-state index in [0.29, 0.717) is 29.1 Å². The highest BCUT2D eigenvalue weighted by Gasteiger charge is 2.66. The van der Waals surface area contributed by atoms with Crippen molar-refractivity contribution in [3.05, 3.63) is 63.4 Å². The molecule has 2 aromatic rings. The third-order valence-corrected chi connectivity index (χ3v) is 8.57. The Labute approximate surface area is 226 Å². The van der Waals surface area contributed by atoms with Crippen LogP contribution in [0.4, 0.5) is 10.1 Å². The quantitative estimate of drug-likeness (QED) is 0.439. The van der Waals surface area contributed by atoms with Crippen molar-refractivity contribution in [3.63, 3.8) is 0 Å². The number of halogens is 3. The van der Waals surface area contributed by atoms with Crippen LogP contribution in [-0.2, 0) is 15.0 Å². The Morgan fingerprint density at radius 2 is 1.97 bits per heavy atom. The summed E-state index contributed by atoms with van der Waals surface area (Å²) in [5.74, 6) is -2.03. The Morgan fingerprint density at radius 1 is 1.22 bits per heavy atom. The summed E-state index contributed by atoms with van der Waals surface area (Å²) < 4.78 is 15.8. The zero-order valence-electron chi connectivity index (χ0n) is 21.2. The van der Waals surface area contributed by atoms with Gasteiger partial charge in [-0.05, 0) is 60.4 Å². The van der Waals surface area contributed by atoms with Crippen LogP contribution >= 0.6 is 23.2 Å². The summed E-state index contributed by atoms with van der Waals surface area (Å²) in [7, 11) is 0. The maximum atomic E-state index is 15.8. The van der Waals surface area contributed by atoms with Crippen LogP contribution in [0, 0.1) is 11.2 Å². The summed E-state index contributed by atoms with van der Waals surface area (Å²) >= 11 is 12.5. The highest BCUT2D eigenvalue weighted by Crippen LogP contribution is 2.57. The molecule has 2 aromatic carbocycles. The van der Waals surface area contributed by atoms with Gasteiger partial charge in [0.2, 0.25) is 11.8 Å². The van der Waals surface area contributed by atoms with Crippen LogP contribution in [-0.4, -0.2) is 36.0 Å². The number of rotatable bonds is 4. The molecule has 0 unspecified atom stereocenters. The van der Waals surface area contributed by atoms with E-state index in [0.717, 1.165) is 12.8 Å². The minimum Gasteiger partial charge on any atom is -0.352 e. The maximum Gasteiger partial charge on any atom is 0.238 e. The standard InChI is InChI=1S/C28H33Cl2FN4O2/c1-27(2,3)13-21-28(18-10-7-14(29)11-20(18)34-26(28)37)22(17-5-4-6-19(30)23(17)31)24(35-21)25(36)33-16-9-8-15(32)12-16/h4-7,10-11,15-16,21-22,24,35H,8-9,12-13,32H2,1-3H3,(H,33,36)(H,34,37)/t15-,16+,21-,22+,24-,28+/m1/s1. The number of hydrogen-bond donors (Lipinski definition) is 4. The van der Waals surface area contributed by atoms with E-state index >= 15 is 4.39 Å². The Bertz CT molecular complexity index is 1250. The van der Waals surface area contributed by atoms with Crippen LogP contribution in [0.5, 0.6) is 0 Å². The Hall–Kier alpha value is -2.19. The first-order valence-electron chi connectivity index (χ1n) is 12.8. The van der Waals surface area contributed by atoms with E-state index in [1.54, 1.807) is 24.3 Å². The maximum absolute atomic E-state index is 15.8. The molecule has 0 aromatic heterocycles. The molecule has 5 N–H and O–H groups in total. The summed E-state index contributed by atoms with van der Waals surface area (Å²) in [6.07, 6.45) is 2.88. The van der Waals surface area contributed by atoms with Crippen molar-refractivity contribution >= 4 is 40.7 Å². The largest absolute Gasteiger partial charge is 0.352 e. The molecule has 37 heavy (non-hydrogen) atoms. The fourth-order valence-corrected chi connectivity index (χ4v) is 6.94. The van der Waals surface area contributed by atoms with Crippen LogP contribution in [0.25, 0.3) is 0 Å². The first-order chi connectivity index (χ1) is 17.4. The van der Waals surface area contributed by atoms with Gasteiger partial charge < -0.3 is 21.7 Å². The van der Waals surface area contributed by atoms with E-state index in [1.165, 1.54) is 6.07 Å². The van der Waals surface area contributed by atoms with Gasteiger partial charge in [-0.2, -0.15) is 0 Å². The molecule has 2 aliphatic heterocycles. The fraction of sp³-hybridized carbons (Fsp3) is 0.500. The lowest BCUT2D eigenvalue weighted by Crippen LogP contribution is -2.49. The van der Waals surface area contributed by atoms with Crippen LogP contribution in [0.3, 0.4) is 0 Å². The molecule has 9 heteroatoms. The summed E-state index contributed by atoms with van der Waals surface area (Å²) in [6.45, 7) is 6.25. The van der Waals surface area contributed by atoms with E-state index in [4.69, 9.17) is 28.9 Å². The normalized spacial score (nSPS) is 31.0. The van der Waals surface area contributed by atoms with Crippen LogP contribution in [0.1, 0.15) is 63.5 Å². The summed E-state index contributed by atoms with van der Waals surface area (Å²) in [4.78, 5) is 28.0. The van der Waals surface area contributed by atoms with Gasteiger partial charge >= 0.3 is 0 Å². The molecule has 0 bridgehead atoms. The second kappa shape index (κ2) is 9.53. The smallest absolute Gasteiger partial charge is 0.238 e. The fourth-order valence-electron chi connectivity index (χ4n) is 6.59. The number of fused-ring (bicyclic) bond motifs is 2. The van der Waals surface area contributed by atoms with Crippen molar-refractivity contribution in [2.75, 3.05) is 5.32 Å². The van der Waals surface area contributed by atoms with E-state index in [-0.39, 0.29) is 39.9 Å². The number of anilines is 1. The van der Waals surface area contributed by atoms with Gasteiger partial charge in [0.05, 0.1) is 11.1 Å². The Morgan fingerprint density at radius 3 is 2.65 bits per heavy atom. The van der Waals surface area contributed by atoms with E-state index in [9.17, 15) is 9.59 Å². The van der Waals surface area contributed by atoms with Gasteiger partial charge in [0.15, 0.2) is 0 Å². The zero-order valence-corrected chi connectivity index (χ0v) is 22.7. The average molecular weight is 548 g/mol. The van der Waals surface area contributed by atoms with Crippen molar-refractivity contribution in [1.29, 1.82) is 0 Å². The van der Waals surface area contributed by atoms with E-state index in [1.807, 2.05) is 6.07 Å². The first-order valence-corrected chi connectivity index (χ1v) is 13.5. The molecule has 6 atom stereocenters. The second-order valence-electron chi connectivity index (χ2n) is 11.9. The van der Waals surface area contributed by atoms with Gasteiger partial charge in [0.1, 0.15) is 11.2 Å². The lowest BCUT2D eigenvalue weighted by atomic mass is 9.62. The van der Waals surface area contributed by atoms with Crippen molar-refractivity contribution in [3.8, 4) is 0 Å². The van der Waals surface area contributed by atoms with Gasteiger partial charge in [0, 0.05) is 34.8 Å². The molecule has 3 aliphatic rings. The van der Waals surface area contributed by atoms with Crippen molar-refractivity contribution in [2.45, 2.75) is 82.0 Å². The number of nitrogens with two attached hydrogens (primary N) is 1. The lowest BCUT2D eigenvalue weighted by molar-refractivity contribution is -0.124. The second-order valence-corrected chi connectivity index (χ2v) is 12.7. The molecular formula is C28H33Cl2FN4O2. The van der Waals surface area contributed by atoms with E-state index in [2.05, 4.69) is 36.7 Å². The molecule has 1 aliphatic carbocycles. The third kappa shape index (κ3) is 4.54. The molecule has 1 spiro atoms. The molecule has 0 radical (unpaired) electrons. The lowest BCUT2D eigenvalue weighted by Gasteiger charge is -2.37. The number of carbonyl (C=O) groups is 2. The average Bonchev–Trinajstić information content (AvgIpc) is 3.44. The van der Waals surface area contributed by atoms with E-state index < -0.39 is 29.2 Å². The number of nitrogens with one attached hydrogen (secondary N) is 3. The monoisotopic (exact) mass is 546 g/mol. The summed E-state index contributed by atoms with van der Waals surface area (Å²) in [5, 5.41) is 10.0. The van der Waals surface area contributed by atoms with Gasteiger partial charge in [-0.3, -0.25) is 9.59 Å². The van der Waals surface area contributed by atoms with Crippen molar-refractivity contribution in [2.24, 2.45) is 11.1 Å². The summed E-state index contributed by atoms with van der Waals surface area (Å²) in [6, 6.07) is 8.66. The Balaban J connectivity index is 1.70. The number of amides is 2. The Kier molecular flexibility index (Phi) is 6.80. The first kappa shape index (κ1) is 26.4. The predicted molar refractivity (Wildman–Crippen MR) is 144 cm³/mol. The molecule has 5 rings (SSSR count). The highest BCUT2D eigenvalue weighted by atomic mass is 35.5. The minimum absolute atomic E-state index is 0.0419. The molecular weight excluding hydrogens is 514 g/mol. The SMILES string of the molecule is CC(C)(C)C[C@H]1N[C@@H](C(=O)N[C@H]2CC[C@@H](N)C2)[C@H](c2cccc(Cl)c2F)[C@@]12C(=O)Nc1cc(Cl)ccc12. The third-order valence-electron chi connectivity index (χ3n) is 8.04. The molecule has 2 heterocycles. The van der Waals surface area contributed by atoms with Crippen LogP contribution < -0.4 is 21.7 Å². The van der Waals surface area contributed by atoms with Gasteiger partial charge in [-0.25, -0.2) is 4.39 Å². The topological polar surface area (TPSA) is 96.2 Å². The van der Waals surface area contributed by atoms with Crippen molar-refractivity contribution in [1.82, 2.24) is 10.6 Å². The molecule has 2 fully saturated rings. The molecule has 1 saturated carbocycles. The zero-order chi connectivity index (χ0) is 26.7. The highest BCUT2D eigenvalue weighted by molar-refractivity contribution is 6.31. The van der Waals surface area contributed by atoms with Gasteiger partial charge in [0.25, 0.3) is 0 Å². The molecule has 198 valence electrons. The molecule has 6 nitrogen and oxygen atoms in total. The van der Waals surface area contributed by atoms with Crippen molar-refractivity contribution < 1.29 is 14.0 Å². The van der Waals surface area contributed by atoms with Gasteiger partial charge in [-0.1, -0.05) is 62.2 Å². The van der Waals surface area contributed by atoms with Gasteiger partial charge in [-0.15, -0.1) is 0 Å². The summed E-state index contributed by atoms with van der Waals surface area (Å²) in [5.41, 5.74) is 6.14. The number of benzene rings is 2. The predicted octanol–water partition coefficient (Wildman–Crippen LogP) is 4.88. The molecule has 2 amide bonds. The molecule has 1 saturated heterocycles. The minimum atomic E-state index is -1.26. The number of carbonyl (C=O) groups excluding carboxylic acids is 2.